The van der Waals surface area contributed by atoms with Crippen molar-refractivity contribution in [1.29, 1.82) is 0 Å². The van der Waals surface area contributed by atoms with E-state index in [0.29, 0.717) is 0 Å². The Labute approximate surface area is 145 Å². The Morgan fingerprint density at radius 1 is 1.24 bits per heavy atom. The van der Waals surface area contributed by atoms with E-state index in [-0.39, 0.29) is 11.4 Å². The molecule has 25 heavy (non-hydrogen) atoms. The van der Waals surface area contributed by atoms with Gasteiger partial charge in [-0.15, -0.1) is 0 Å². The highest BCUT2D eigenvalue weighted by Gasteiger charge is 2.31. The third-order valence-electron chi connectivity index (χ3n) is 3.11. The lowest BCUT2D eigenvalue weighted by Crippen LogP contribution is -2.52. The molecule has 0 fully saturated rings. The number of nitro groups is 1. The van der Waals surface area contributed by atoms with Crippen LogP contribution in [0.4, 0.5) is 16.2 Å². The summed E-state index contributed by atoms with van der Waals surface area (Å²) >= 11 is 0. The minimum Gasteiger partial charge on any atom is -0.467 e. The molecule has 9 heteroatoms. The van der Waals surface area contributed by atoms with Gasteiger partial charge in [0.15, 0.2) is 0 Å². The predicted octanol–water partition coefficient (Wildman–Crippen LogP) is 2.46. The van der Waals surface area contributed by atoms with Crippen molar-refractivity contribution in [1.82, 2.24) is 5.32 Å². The normalized spacial score (nSPS) is 13.3. The summed E-state index contributed by atoms with van der Waals surface area (Å²) in [5, 5.41) is 16.4. The van der Waals surface area contributed by atoms with Crippen LogP contribution in [0.1, 0.15) is 27.7 Å². The molecule has 0 radical (unpaired) electrons. The number of para-hydroxylation sites is 2. The van der Waals surface area contributed by atoms with Crippen molar-refractivity contribution in [3.63, 3.8) is 0 Å². The Morgan fingerprint density at radius 3 is 2.36 bits per heavy atom. The number of nitrogens with one attached hydrogen (secondary N) is 2. The Kier molecular flexibility index (Phi) is 6.72. The molecule has 0 aliphatic carbocycles. The van der Waals surface area contributed by atoms with Crippen LogP contribution in [0.5, 0.6) is 0 Å². The number of nitro benzene ring substituents is 1. The summed E-state index contributed by atoms with van der Waals surface area (Å²) in [5.74, 6) is -0.704. The Hall–Kier alpha value is -2.84. The lowest BCUT2D eigenvalue weighted by molar-refractivity contribution is -0.384. The van der Waals surface area contributed by atoms with E-state index in [2.05, 4.69) is 10.6 Å². The lowest BCUT2D eigenvalue weighted by Gasteiger charge is -2.26. The molecule has 0 bridgehead atoms. The van der Waals surface area contributed by atoms with Crippen LogP contribution >= 0.6 is 0 Å². The highest BCUT2D eigenvalue weighted by atomic mass is 16.6. The summed E-state index contributed by atoms with van der Waals surface area (Å²) in [5.41, 5.74) is -0.658. The highest BCUT2D eigenvalue weighted by Crippen LogP contribution is 2.24. The summed E-state index contributed by atoms with van der Waals surface area (Å²) in [4.78, 5) is 34.5. The molecular formula is C16H23N3O6. The van der Waals surface area contributed by atoms with Crippen LogP contribution in [0, 0.1) is 10.1 Å². The first-order valence-corrected chi connectivity index (χ1v) is 7.62. The second-order valence-electron chi connectivity index (χ2n) is 6.35. The average molecular weight is 353 g/mol. The summed E-state index contributed by atoms with van der Waals surface area (Å²) in [6, 6.07) is 4.21. The number of benzene rings is 1. The number of hydrogen-bond acceptors (Lipinski definition) is 7. The topological polar surface area (TPSA) is 120 Å². The Bertz CT molecular complexity index is 641. The van der Waals surface area contributed by atoms with Crippen molar-refractivity contribution in [2.75, 3.05) is 12.4 Å². The van der Waals surface area contributed by atoms with E-state index in [4.69, 9.17) is 9.47 Å². The number of hydrogen-bond donors (Lipinski definition) is 2. The number of nitrogens with zero attached hydrogens (tertiary/aromatic N) is 1. The standard InChI is InChI=1S/C16H23N3O6/c1-10(17-11-8-6-7-9-12(11)19(22)23)13(14(20)24-5)18-15(21)25-16(2,3)4/h6-10,13,17H,1-5H3,(H,18,21)/t10-,13-/m0/s1. The second-order valence-corrected chi connectivity index (χ2v) is 6.35. The molecule has 138 valence electrons. The molecule has 1 rings (SSSR count). The number of carbonyl (C=O) groups is 2. The van der Waals surface area contributed by atoms with Gasteiger partial charge < -0.3 is 20.1 Å². The van der Waals surface area contributed by atoms with Gasteiger partial charge in [-0.1, -0.05) is 12.1 Å². The summed E-state index contributed by atoms with van der Waals surface area (Å²) in [6.45, 7) is 6.66. The monoisotopic (exact) mass is 353 g/mol. The van der Waals surface area contributed by atoms with Crippen LogP contribution < -0.4 is 10.6 Å². The van der Waals surface area contributed by atoms with Crippen molar-refractivity contribution in [3.05, 3.63) is 34.4 Å². The zero-order valence-corrected chi connectivity index (χ0v) is 14.9. The number of anilines is 1. The van der Waals surface area contributed by atoms with Gasteiger partial charge in [0.1, 0.15) is 17.3 Å². The molecule has 2 N–H and O–H groups in total. The molecule has 2 atom stereocenters. The molecule has 1 amide bonds. The van der Waals surface area contributed by atoms with Crippen molar-refractivity contribution < 1.29 is 24.0 Å². The van der Waals surface area contributed by atoms with E-state index in [1.165, 1.54) is 25.3 Å². The van der Waals surface area contributed by atoms with Gasteiger partial charge in [-0.2, -0.15) is 0 Å². The van der Waals surface area contributed by atoms with Gasteiger partial charge in [0.25, 0.3) is 5.69 Å². The van der Waals surface area contributed by atoms with Gasteiger partial charge in [-0.25, -0.2) is 9.59 Å². The van der Waals surface area contributed by atoms with Crippen LogP contribution in [-0.4, -0.2) is 41.8 Å². The number of esters is 1. The number of alkyl carbamates (subject to hydrolysis) is 1. The number of methoxy groups -OCH3 is 1. The van der Waals surface area contributed by atoms with Crippen molar-refractivity contribution in [2.24, 2.45) is 0 Å². The molecule has 0 aliphatic heterocycles. The number of carbonyl (C=O) groups excluding carboxylic acids is 2. The minimum atomic E-state index is -1.10. The first-order chi connectivity index (χ1) is 11.5. The van der Waals surface area contributed by atoms with E-state index in [0.717, 1.165) is 0 Å². The van der Waals surface area contributed by atoms with Crippen molar-refractivity contribution >= 4 is 23.4 Å². The zero-order valence-electron chi connectivity index (χ0n) is 14.9. The van der Waals surface area contributed by atoms with Gasteiger partial charge in [0.05, 0.1) is 18.1 Å². The van der Waals surface area contributed by atoms with E-state index in [1.54, 1.807) is 33.8 Å². The van der Waals surface area contributed by atoms with Crippen molar-refractivity contribution in [3.8, 4) is 0 Å². The van der Waals surface area contributed by atoms with E-state index < -0.39 is 34.7 Å². The molecule has 0 saturated heterocycles. The Balaban J connectivity index is 2.95. The molecule has 9 nitrogen and oxygen atoms in total. The van der Waals surface area contributed by atoms with Gasteiger partial charge >= 0.3 is 12.1 Å². The van der Waals surface area contributed by atoms with Gasteiger partial charge in [-0.3, -0.25) is 10.1 Å². The molecule has 0 saturated carbocycles. The third-order valence-corrected chi connectivity index (χ3v) is 3.11. The molecule has 0 spiro atoms. The van der Waals surface area contributed by atoms with Gasteiger partial charge in [-0.05, 0) is 33.8 Å². The molecular weight excluding hydrogens is 330 g/mol. The van der Waals surface area contributed by atoms with E-state index in [1.807, 2.05) is 0 Å². The molecule has 0 unspecified atom stereocenters. The van der Waals surface area contributed by atoms with Crippen molar-refractivity contribution in [2.45, 2.75) is 45.4 Å². The smallest absolute Gasteiger partial charge is 0.408 e. The fraction of sp³-hybridized carbons (Fsp3) is 0.500. The van der Waals surface area contributed by atoms with E-state index in [9.17, 15) is 19.7 Å². The number of ether oxygens (including phenoxy) is 2. The third kappa shape index (κ3) is 6.28. The molecule has 0 aromatic heterocycles. The van der Waals surface area contributed by atoms with Crippen LogP contribution in [0.15, 0.2) is 24.3 Å². The minimum absolute atomic E-state index is 0.143. The van der Waals surface area contributed by atoms with Gasteiger partial charge in [0.2, 0.25) is 0 Å². The van der Waals surface area contributed by atoms with E-state index >= 15 is 0 Å². The first-order valence-electron chi connectivity index (χ1n) is 7.62. The first kappa shape index (κ1) is 20.2. The number of rotatable bonds is 6. The van der Waals surface area contributed by atoms with Crippen LogP contribution in [-0.2, 0) is 14.3 Å². The fourth-order valence-electron chi connectivity index (χ4n) is 2.03. The summed E-state index contributed by atoms with van der Waals surface area (Å²) in [7, 11) is 1.18. The van der Waals surface area contributed by atoms with Crippen LogP contribution in [0.3, 0.4) is 0 Å². The maximum Gasteiger partial charge on any atom is 0.408 e. The zero-order chi connectivity index (χ0) is 19.2. The lowest BCUT2D eigenvalue weighted by atomic mass is 10.1. The Morgan fingerprint density at radius 2 is 1.84 bits per heavy atom. The number of amides is 1. The molecule has 1 aromatic rings. The van der Waals surface area contributed by atoms with Crippen LogP contribution in [0.25, 0.3) is 0 Å². The maximum atomic E-state index is 12.0. The molecule has 1 aromatic carbocycles. The highest BCUT2D eigenvalue weighted by molar-refractivity contribution is 5.83. The molecule has 0 heterocycles. The quantitative estimate of drug-likeness (QED) is 0.458. The SMILES string of the molecule is COC(=O)[C@@H](NC(=O)OC(C)(C)C)[C@H](C)Nc1ccccc1[N+](=O)[O-]. The maximum absolute atomic E-state index is 12.0. The largest absolute Gasteiger partial charge is 0.467 e. The van der Waals surface area contributed by atoms with Crippen LogP contribution in [0.2, 0.25) is 0 Å². The summed E-state index contributed by atoms with van der Waals surface area (Å²) < 4.78 is 9.83. The molecule has 0 aliphatic rings. The fourth-order valence-corrected chi connectivity index (χ4v) is 2.03. The summed E-state index contributed by atoms with van der Waals surface area (Å²) in [6.07, 6.45) is -0.792. The second kappa shape index (κ2) is 8.32. The average Bonchev–Trinajstić information content (AvgIpc) is 2.50. The van der Waals surface area contributed by atoms with Gasteiger partial charge in [0, 0.05) is 6.07 Å². The predicted molar refractivity (Wildman–Crippen MR) is 91.4 cm³/mol.